The summed E-state index contributed by atoms with van der Waals surface area (Å²) in [4.78, 5) is 29.1. The molecular weight excluding hydrogens is 469 g/mol. The molecule has 0 aliphatic rings. The molecule has 0 bridgehead atoms. The molecule has 0 aliphatic heterocycles. The minimum atomic E-state index is -0.281. The van der Waals surface area contributed by atoms with Gasteiger partial charge >= 0.3 is 0 Å². The van der Waals surface area contributed by atoms with E-state index < -0.39 is 0 Å². The number of hydrogen-bond acceptors (Lipinski definition) is 5. The van der Waals surface area contributed by atoms with Gasteiger partial charge in [-0.1, -0.05) is 38.1 Å². The lowest BCUT2D eigenvalue weighted by molar-refractivity contribution is -0.118. The Labute approximate surface area is 211 Å². The van der Waals surface area contributed by atoms with Crippen LogP contribution in [0.15, 0.2) is 73.2 Å². The quantitative estimate of drug-likeness (QED) is 0.275. The maximum Gasteiger partial charge on any atom is 0.226 e. The normalized spacial score (nSPS) is 11.5. The highest BCUT2D eigenvalue weighted by atomic mass is 19.1. The van der Waals surface area contributed by atoms with E-state index in [4.69, 9.17) is 4.98 Å². The fourth-order valence-corrected chi connectivity index (χ4v) is 4.20. The summed E-state index contributed by atoms with van der Waals surface area (Å²) in [5.41, 5.74) is 6.89. The third-order valence-corrected chi connectivity index (χ3v) is 6.17. The number of imidazole rings is 1. The number of carbonyl (C=O) groups excluding carboxylic acids is 1. The summed E-state index contributed by atoms with van der Waals surface area (Å²) in [6.45, 7) is 3.67. The molecule has 0 saturated heterocycles. The van der Waals surface area contributed by atoms with E-state index in [-0.39, 0.29) is 17.6 Å². The summed E-state index contributed by atoms with van der Waals surface area (Å²) in [5.74, 6) is 0.101. The van der Waals surface area contributed by atoms with Crippen LogP contribution in [0.25, 0.3) is 55.8 Å². The number of nitrogens with one attached hydrogen (secondary N) is 3. The molecule has 0 spiro atoms. The lowest BCUT2D eigenvalue weighted by Gasteiger charge is -2.08. The molecule has 0 aliphatic carbocycles. The number of pyridine rings is 2. The zero-order chi connectivity index (χ0) is 25.5. The average molecular weight is 492 g/mol. The van der Waals surface area contributed by atoms with Gasteiger partial charge in [0.1, 0.15) is 11.5 Å². The topological polar surface area (TPSA) is 112 Å². The van der Waals surface area contributed by atoms with E-state index in [2.05, 4.69) is 30.5 Å². The lowest BCUT2D eigenvalue weighted by Crippen LogP contribution is -2.17. The molecule has 1 amide bonds. The Morgan fingerprint density at radius 3 is 2.65 bits per heavy atom. The van der Waals surface area contributed by atoms with E-state index >= 15 is 0 Å². The minimum Gasteiger partial charge on any atom is -0.336 e. The van der Waals surface area contributed by atoms with Crippen LogP contribution in [0.3, 0.4) is 0 Å². The maximum atomic E-state index is 13.5. The number of benzene rings is 2. The third-order valence-electron chi connectivity index (χ3n) is 6.17. The summed E-state index contributed by atoms with van der Waals surface area (Å²) in [7, 11) is 0. The maximum absolute atomic E-state index is 13.5. The molecule has 0 saturated carbocycles. The summed E-state index contributed by atoms with van der Waals surface area (Å²) < 4.78 is 13.5. The molecule has 0 radical (unpaired) electrons. The van der Waals surface area contributed by atoms with Gasteiger partial charge in [0.15, 0.2) is 5.82 Å². The Morgan fingerprint density at radius 2 is 1.84 bits per heavy atom. The Kier molecular flexibility index (Phi) is 5.45. The minimum absolute atomic E-state index is 0.0793. The predicted molar refractivity (Wildman–Crippen MR) is 141 cm³/mol. The number of amides is 1. The van der Waals surface area contributed by atoms with E-state index in [9.17, 15) is 9.18 Å². The van der Waals surface area contributed by atoms with Crippen LogP contribution in [-0.2, 0) is 4.79 Å². The number of aromatic amines is 2. The molecule has 2 aromatic carbocycles. The summed E-state index contributed by atoms with van der Waals surface area (Å²) in [6.07, 6.45) is 5.03. The Bertz CT molecular complexity index is 1770. The summed E-state index contributed by atoms with van der Waals surface area (Å²) in [6, 6.07) is 16.0. The van der Waals surface area contributed by atoms with Crippen LogP contribution in [0, 0.1) is 11.7 Å². The number of rotatable bonds is 5. The van der Waals surface area contributed by atoms with Gasteiger partial charge < -0.3 is 10.3 Å². The second-order valence-corrected chi connectivity index (χ2v) is 9.09. The van der Waals surface area contributed by atoms with Gasteiger partial charge in [0, 0.05) is 28.6 Å². The van der Waals surface area contributed by atoms with Gasteiger partial charge in [-0.05, 0) is 35.9 Å². The van der Waals surface area contributed by atoms with E-state index in [1.807, 2.05) is 44.2 Å². The second-order valence-electron chi connectivity index (χ2n) is 9.09. The van der Waals surface area contributed by atoms with Crippen LogP contribution in [-0.4, -0.2) is 36.0 Å². The number of nitrogens with zero attached hydrogens (tertiary/aromatic N) is 4. The second kappa shape index (κ2) is 8.94. The van der Waals surface area contributed by atoms with E-state index in [0.29, 0.717) is 22.9 Å². The van der Waals surface area contributed by atoms with Gasteiger partial charge in [0.25, 0.3) is 0 Å². The van der Waals surface area contributed by atoms with Crippen molar-refractivity contribution in [2.75, 3.05) is 5.32 Å². The first-order chi connectivity index (χ1) is 18.0. The van der Waals surface area contributed by atoms with Crippen molar-refractivity contribution in [3.8, 4) is 33.9 Å². The fraction of sp³-hybridized carbons (Fsp3) is 0.107. The zero-order valence-corrected chi connectivity index (χ0v) is 20.1. The molecule has 0 fully saturated rings. The highest BCUT2D eigenvalue weighted by molar-refractivity contribution is 5.98. The smallest absolute Gasteiger partial charge is 0.226 e. The van der Waals surface area contributed by atoms with Crippen LogP contribution in [0.5, 0.6) is 0 Å². The van der Waals surface area contributed by atoms with Crippen molar-refractivity contribution in [1.82, 2.24) is 30.1 Å². The number of halogens is 1. The fourth-order valence-electron chi connectivity index (χ4n) is 4.20. The molecule has 3 N–H and O–H groups in total. The number of carbonyl (C=O) groups is 1. The molecule has 4 aromatic heterocycles. The molecular formula is C28H22FN7O. The highest BCUT2D eigenvalue weighted by Gasteiger charge is 2.16. The molecule has 182 valence electrons. The molecule has 6 aromatic rings. The number of hydrogen-bond donors (Lipinski definition) is 3. The number of fused-ring (bicyclic) bond motifs is 2. The Morgan fingerprint density at radius 1 is 1.00 bits per heavy atom. The van der Waals surface area contributed by atoms with Gasteiger partial charge in [-0.25, -0.2) is 9.37 Å². The molecule has 0 atom stereocenters. The molecule has 37 heavy (non-hydrogen) atoms. The van der Waals surface area contributed by atoms with Gasteiger partial charge in [-0.3, -0.25) is 19.9 Å². The van der Waals surface area contributed by atoms with Crippen molar-refractivity contribution >= 4 is 33.5 Å². The number of aromatic nitrogens is 6. The van der Waals surface area contributed by atoms with E-state index in [1.165, 1.54) is 12.1 Å². The van der Waals surface area contributed by atoms with Crippen molar-refractivity contribution in [2.24, 2.45) is 5.92 Å². The van der Waals surface area contributed by atoms with Crippen molar-refractivity contribution in [2.45, 2.75) is 13.8 Å². The first-order valence-corrected chi connectivity index (χ1v) is 11.8. The first kappa shape index (κ1) is 22.5. The number of H-pyrrole nitrogens is 2. The van der Waals surface area contributed by atoms with Gasteiger partial charge in [0.2, 0.25) is 5.91 Å². The van der Waals surface area contributed by atoms with Gasteiger partial charge in [0.05, 0.1) is 40.3 Å². The molecule has 6 rings (SSSR count). The monoisotopic (exact) mass is 491 g/mol. The number of anilines is 1. The van der Waals surface area contributed by atoms with Gasteiger partial charge in [-0.15, -0.1) is 0 Å². The van der Waals surface area contributed by atoms with Crippen LogP contribution in [0.1, 0.15) is 13.8 Å². The summed E-state index contributed by atoms with van der Waals surface area (Å²) >= 11 is 0. The zero-order valence-electron chi connectivity index (χ0n) is 20.1. The molecule has 9 heteroatoms. The SMILES string of the molecule is CC(C)C(=O)Nc1cncc(-c2cc3c(-c4nc5cccc(-c6ccc(F)cc6)c5[nH]4)n[nH]c3cn2)c1. The van der Waals surface area contributed by atoms with E-state index in [0.717, 1.165) is 38.6 Å². The van der Waals surface area contributed by atoms with Gasteiger partial charge in [-0.2, -0.15) is 5.10 Å². The standard InChI is InChI=1S/C28H22FN7O/c1-15(2)28(37)32-19-10-17(12-30-13-19)23-11-21-24(14-31-23)35-36-26(21)27-33-22-5-3-4-20(25(22)34-27)16-6-8-18(29)9-7-16/h3-15H,1-2H3,(H,32,37)(H,33,34)(H,35,36). The average Bonchev–Trinajstić information content (AvgIpc) is 3.53. The Hall–Kier alpha value is -4.92. The molecule has 0 unspecified atom stereocenters. The lowest BCUT2D eigenvalue weighted by atomic mass is 10.0. The van der Waals surface area contributed by atoms with Crippen molar-refractivity contribution in [3.63, 3.8) is 0 Å². The highest BCUT2D eigenvalue weighted by Crippen LogP contribution is 2.32. The summed E-state index contributed by atoms with van der Waals surface area (Å²) in [5, 5.41) is 11.2. The molecule has 8 nitrogen and oxygen atoms in total. The van der Waals surface area contributed by atoms with E-state index in [1.54, 1.807) is 30.7 Å². The third kappa shape index (κ3) is 4.20. The van der Waals surface area contributed by atoms with Crippen molar-refractivity contribution in [1.29, 1.82) is 0 Å². The number of para-hydroxylation sites is 1. The Balaban J connectivity index is 1.41. The van der Waals surface area contributed by atoms with Crippen LogP contribution >= 0.6 is 0 Å². The molecule has 4 heterocycles. The van der Waals surface area contributed by atoms with Crippen LogP contribution in [0.4, 0.5) is 10.1 Å². The van der Waals surface area contributed by atoms with Crippen LogP contribution in [0.2, 0.25) is 0 Å². The largest absolute Gasteiger partial charge is 0.336 e. The van der Waals surface area contributed by atoms with Crippen molar-refractivity contribution in [3.05, 3.63) is 79.0 Å². The predicted octanol–water partition coefficient (Wildman–Crippen LogP) is 5.96. The first-order valence-electron chi connectivity index (χ1n) is 11.8. The van der Waals surface area contributed by atoms with Crippen LogP contribution < -0.4 is 5.32 Å². The van der Waals surface area contributed by atoms with Crippen molar-refractivity contribution < 1.29 is 9.18 Å².